The summed E-state index contributed by atoms with van der Waals surface area (Å²) in [5, 5.41) is 7.81. The van der Waals surface area contributed by atoms with E-state index in [4.69, 9.17) is 9.84 Å². The number of likely N-dealkylation sites (tertiary alicyclic amines) is 1. The molecule has 1 N–H and O–H groups in total. The van der Waals surface area contributed by atoms with Crippen molar-refractivity contribution < 1.29 is 22.7 Å². The summed E-state index contributed by atoms with van der Waals surface area (Å²) < 4.78 is 48.0. The van der Waals surface area contributed by atoms with Gasteiger partial charge in [-0.3, -0.25) is 0 Å². The van der Waals surface area contributed by atoms with Gasteiger partial charge in [-0.2, -0.15) is 0 Å². The van der Waals surface area contributed by atoms with E-state index in [-0.39, 0.29) is 21.8 Å². The van der Waals surface area contributed by atoms with Crippen LogP contribution in [0.5, 0.6) is 0 Å². The van der Waals surface area contributed by atoms with Crippen LogP contribution in [0.1, 0.15) is 57.8 Å². The molecule has 0 atom stereocenters. The van der Waals surface area contributed by atoms with Gasteiger partial charge < -0.3 is 4.74 Å². The van der Waals surface area contributed by atoms with Gasteiger partial charge >= 0.3 is 173 Å². The standard InChI is InChI=1S/C20H26F3N6O2.3CH3.Sn/c1-5-15-16(26-17-24-10-13(11-25-17)20(21,22)23)12-29(27-15)14-6-8-28(9-7-14)18(30)31-19(2,3)4;;;;/h10,12,14H,5-9H2,1-4H3,(H,24,25,26);3*1H3;. The SMILES string of the molecule is CCc1nn(C2CCN(C(=O)OC(C)(C)C)CC2)cc1Nc1ncc(C(F)(F)F)[c]([Sn]([CH3])([CH3])[CH3])n1. The molecule has 12 heteroatoms. The summed E-state index contributed by atoms with van der Waals surface area (Å²) in [5.74, 6) is 0.147. The van der Waals surface area contributed by atoms with Crippen LogP contribution < -0.4 is 9.03 Å². The van der Waals surface area contributed by atoms with Crippen molar-refractivity contribution in [1.82, 2.24) is 24.6 Å². The molecular weight excluding hydrogens is 568 g/mol. The quantitative estimate of drug-likeness (QED) is 0.479. The van der Waals surface area contributed by atoms with Gasteiger partial charge in [-0.05, 0) is 20.8 Å². The van der Waals surface area contributed by atoms with Gasteiger partial charge in [0.1, 0.15) is 5.60 Å². The molecular formula is C23H35F3N6O2Sn. The third-order valence-corrected chi connectivity index (χ3v) is 10.8. The number of aromatic nitrogens is 4. The van der Waals surface area contributed by atoms with Gasteiger partial charge in [0.15, 0.2) is 0 Å². The second-order valence-electron chi connectivity index (χ2n) is 10.9. The fourth-order valence-electron chi connectivity index (χ4n) is 3.96. The molecule has 0 radical (unpaired) electrons. The molecule has 0 saturated carbocycles. The van der Waals surface area contributed by atoms with Gasteiger partial charge in [0.2, 0.25) is 0 Å². The van der Waals surface area contributed by atoms with Gasteiger partial charge in [0.05, 0.1) is 0 Å². The second-order valence-corrected chi connectivity index (χ2v) is 25.0. The average molecular weight is 603 g/mol. The number of piperidine rings is 1. The summed E-state index contributed by atoms with van der Waals surface area (Å²) in [5.41, 5.74) is 0.180. The van der Waals surface area contributed by atoms with Crippen molar-refractivity contribution in [3.05, 3.63) is 23.7 Å². The molecule has 2 aromatic heterocycles. The Labute approximate surface area is 208 Å². The van der Waals surface area contributed by atoms with Crippen LogP contribution in [0.25, 0.3) is 0 Å². The van der Waals surface area contributed by atoms with E-state index in [1.807, 2.05) is 53.4 Å². The third-order valence-electron chi connectivity index (χ3n) is 5.68. The Morgan fingerprint density at radius 1 is 1.20 bits per heavy atom. The zero-order valence-corrected chi connectivity index (χ0v) is 24.3. The number of alkyl halides is 3. The van der Waals surface area contributed by atoms with Crippen molar-refractivity contribution in [3.8, 4) is 0 Å². The number of hydrogen-bond acceptors (Lipinski definition) is 6. The Balaban J connectivity index is 1.77. The molecule has 1 amide bonds. The molecule has 0 spiro atoms. The summed E-state index contributed by atoms with van der Waals surface area (Å²) in [6.45, 7) is 8.62. The van der Waals surface area contributed by atoms with E-state index >= 15 is 0 Å². The molecule has 194 valence electrons. The van der Waals surface area contributed by atoms with Crippen LogP contribution in [0, 0.1) is 0 Å². The number of halogens is 3. The van der Waals surface area contributed by atoms with Crippen molar-refractivity contribution in [1.29, 1.82) is 0 Å². The molecule has 3 rings (SSSR count). The van der Waals surface area contributed by atoms with Gasteiger partial charge in [0, 0.05) is 0 Å². The number of nitrogens with zero attached hydrogens (tertiary/aromatic N) is 5. The molecule has 1 saturated heterocycles. The van der Waals surface area contributed by atoms with Crippen molar-refractivity contribution >= 4 is 39.8 Å². The van der Waals surface area contributed by atoms with Crippen LogP contribution in [0.15, 0.2) is 12.4 Å². The number of rotatable bonds is 5. The fourth-order valence-corrected chi connectivity index (χ4v) is 8.12. The Kier molecular flexibility index (Phi) is 7.97. The zero-order chi connectivity index (χ0) is 26.2. The topological polar surface area (TPSA) is 85.2 Å². The Bertz CT molecular complexity index is 1050. The molecule has 2 aromatic rings. The van der Waals surface area contributed by atoms with E-state index < -0.39 is 35.7 Å². The molecule has 8 nitrogen and oxygen atoms in total. The molecule has 3 heterocycles. The van der Waals surface area contributed by atoms with Crippen LogP contribution in [-0.4, -0.2) is 67.8 Å². The number of amides is 1. The summed E-state index contributed by atoms with van der Waals surface area (Å²) >= 11 is -3.19. The van der Waals surface area contributed by atoms with Crippen molar-refractivity contribution in [2.24, 2.45) is 0 Å². The zero-order valence-electron chi connectivity index (χ0n) is 21.5. The number of aryl methyl sites for hydroxylation is 1. The van der Waals surface area contributed by atoms with Crippen molar-refractivity contribution in [2.45, 2.75) is 79.6 Å². The molecule has 0 bridgehead atoms. The first-order chi connectivity index (χ1) is 16.1. The fraction of sp³-hybridized carbons (Fsp3) is 0.652. The maximum absolute atomic E-state index is 13.5. The Morgan fingerprint density at radius 3 is 2.34 bits per heavy atom. The first-order valence-corrected chi connectivity index (χ1v) is 21.8. The minimum atomic E-state index is -4.48. The number of anilines is 2. The van der Waals surface area contributed by atoms with Crippen LogP contribution in [0.4, 0.5) is 29.6 Å². The van der Waals surface area contributed by atoms with Gasteiger partial charge in [-0.15, -0.1) is 0 Å². The van der Waals surface area contributed by atoms with Crippen LogP contribution in [-0.2, 0) is 17.3 Å². The first-order valence-electron chi connectivity index (χ1n) is 11.9. The Hall–Kier alpha value is -2.05. The molecule has 0 unspecified atom stereocenters. The molecule has 0 aliphatic carbocycles. The van der Waals surface area contributed by atoms with E-state index in [0.717, 1.165) is 24.7 Å². The van der Waals surface area contributed by atoms with E-state index in [1.54, 1.807) is 4.90 Å². The average Bonchev–Trinajstić information content (AvgIpc) is 3.14. The van der Waals surface area contributed by atoms with Crippen LogP contribution in [0.2, 0.25) is 14.8 Å². The predicted octanol–water partition coefficient (Wildman–Crippen LogP) is 5.12. The summed E-state index contributed by atoms with van der Waals surface area (Å²) in [6.07, 6.45) is 0.0333. The second kappa shape index (κ2) is 10.1. The number of ether oxygens (including phenoxy) is 1. The van der Waals surface area contributed by atoms with Gasteiger partial charge in [-0.25, -0.2) is 4.79 Å². The van der Waals surface area contributed by atoms with E-state index in [2.05, 4.69) is 15.3 Å². The van der Waals surface area contributed by atoms with Crippen LogP contribution in [0.3, 0.4) is 0 Å². The van der Waals surface area contributed by atoms with Crippen molar-refractivity contribution in [3.63, 3.8) is 0 Å². The predicted molar refractivity (Wildman–Crippen MR) is 131 cm³/mol. The summed E-state index contributed by atoms with van der Waals surface area (Å²) in [6, 6.07) is 0.101. The molecule has 1 fully saturated rings. The maximum atomic E-state index is 13.5. The van der Waals surface area contributed by atoms with E-state index in [0.29, 0.717) is 25.2 Å². The van der Waals surface area contributed by atoms with Gasteiger partial charge in [0.25, 0.3) is 0 Å². The first kappa shape index (κ1) is 27.5. The van der Waals surface area contributed by atoms with Crippen LogP contribution >= 0.6 is 0 Å². The Morgan fingerprint density at radius 2 is 1.83 bits per heavy atom. The van der Waals surface area contributed by atoms with Gasteiger partial charge in [-0.1, -0.05) is 0 Å². The molecule has 1 aliphatic heterocycles. The third kappa shape index (κ3) is 7.01. The molecule has 0 aromatic carbocycles. The minimum absolute atomic E-state index is 0.101. The van der Waals surface area contributed by atoms with E-state index in [9.17, 15) is 18.0 Å². The normalized spacial score (nSPS) is 15.9. The number of carbonyl (C=O) groups is 1. The monoisotopic (exact) mass is 604 g/mol. The summed E-state index contributed by atoms with van der Waals surface area (Å²) in [4.78, 5) is 28.0. The molecule has 1 aliphatic rings. The van der Waals surface area contributed by atoms with Crippen molar-refractivity contribution in [2.75, 3.05) is 18.4 Å². The number of nitrogens with one attached hydrogen (secondary N) is 1. The molecule has 35 heavy (non-hydrogen) atoms. The number of carbonyl (C=O) groups excluding carboxylic acids is 1. The van der Waals surface area contributed by atoms with E-state index in [1.165, 1.54) is 0 Å². The summed E-state index contributed by atoms with van der Waals surface area (Å²) in [7, 11) is 0. The number of hydrogen-bond donors (Lipinski definition) is 1.